The van der Waals surface area contributed by atoms with Crippen LogP contribution in [-0.2, 0) is 0 Å². The number of likely N-dealkylation sites (tertiary alicyclic amines) is 1. The van der Waals surface area contributed by atoms with Crippen molar-refractivity contribution in [1.82, 2.24) is 24.7 Å². The molecule has 1 N–H and O–H groups in total. The van der Waals surface area contributed by atoms with Crippen molar-refractivity contribution in [3.8, 4) is 5.69 Å². The van der Waals surface area contributed by atoms with Gasteiger partial charge in [0.25, 0.3) is 5.91 Å². The van der Waals surface area contributed by atoms with Crippen LogP contribution in [-0.4, -0.2) is 70.6 Å². The van der Waals surface area contributed by atoms with E-state index in [9.17, 15) is 4.79 Å². The summed E-state index contributed by atoms with van der Waals surface area (Å²) in [7, 11) is 0. The van der Waals surface area contributed by atoms with E-state index in [4.69, 9.17) is 0 Å². The molecule has 1 unspecified atom stereocenters. The third-order valence-corrected chi connectivity index (χ3v) is 5.04. The zero-order valence-corrected chi connectivity index (χ0v) is 16.2. The molecule has 3 heterocycles. The summed E-state index contributed by atoms with van der Waals surface area (Å²) in [4.78, 5) is 21.3. The summed E-state index contributed by atoms with van der Waals surface area (Å²) in [6.45, 7) is 6.00. The first kappa shape index (κ1) is 20.7. The van der Waals surface area contributed by atoms with Gasteiger partial charge in [-0.15, -0.1) is 24.8 Å². The third kappa shape index (κ3) is 4.38. The van der Waals surface area contributed by atoms with E-state index in [2.05, 4.69) is 15.2 Å². The molecule has 2 fully saturated rings. The fourth-order valence-electron chi connectivity index (χ4n) is 3.64. The van der Waals surface area contributed by atoms with Gasteiger partial charge < -0.3 is 14.8 Å². The van der Waals surface area contributed by atoms with Crippen molar-refractivity contribution in [1.29, 1.82) is 0 Å². The minimum absolute atomic E-state index is 0. The number of nitrogens with zero attached hydrogens (tertiary/aromatic N) is 4. The zero-order chi connectivity index (χ0) is 16.4. The summed E-state index contributed by atoms with van der Waals surface area (Å²) in [6, 6.07) is 8.28. The Bertz CT molecular complexity index is 686. The van der Waals surface area contributed by atoms with Crippen molar-refractivity contribution in [3.05, 3.63) is 48.5 Å². The Morgan fingerprint density at radius 3 is 2.46 bits per heavy atom. The number of rotatable bonds is 3. The first-order valence-corrected chi connectivity index (χ1v) is 8.64. The number of carbonyl (C=O) groups excluding carboxylic acids is 1. The van der Waals surface area contributed by atoms with Crippen molar-refractivity contribution in [3.63, 3.8) is 0 Å². The molecule has 0 aliphatic carbocycles. The van der Waals surface area contributed by atoms with Crippen LogP contribution in [0.1, 0.15) is 16.8 Å². The lowest BCUT2D eigenvalue weighted by atomic mass is 10.2. The largest absolute Gasteiger partial charge is 0.337 e. The molecule has 4 rings (SSSR count). The molecule has 142 valence electrons. The predicted molar refractivity (Wildman–Crippen MR) is 107 cm³/mol. The molecular formula is C18H25Cl2N5O. The highest BCUT2D eigenvalue weighted by molar-refractivity contribution is 5.94. The molecule has 2 aliphatic heterocycles. The topological polar surface area (TPSA) is 53.4 Å². The average molecular weight is 398 g/mol. The molecular weight excluding hydrogens is 373 g/mol. The van der Waals surface area contributed by atoms with Crippen LogP contribution < -0.4 is 5.32 Å². The van der Waals surface area contributed by atoms with Crippen molar-refractivity contribution >= 4 is 30.7 Å². The van der Waals surface area contributed by atoms with Gasteiger partial charge in [0.1, 0.15) is 0 Å². The highest BCUT2D eigenvalue weighted by Gasteiger charge is 2.31. The molecule has 2 aliphatic rings. The van der Waals surface area contributed by atoms with Crippen LogP contribution in [0.4, 0.5) is 0 Å². The van der Waals surface area contributed by atoms with Gasteiger partial charge in [-0.2, -0.15) is 0 Å². The van der Waals surface area contributed by atoms with E-state index in [1.165, 1.54) is 0 Å². The average Bonchev–Trinajstić information content (AvgIpc) is 3.34. The Kier molecular flexibility index (Phi) is 7.46. The van der Waals surface area contributed by atoms with Crippen molar-refractivity contribution in [2.45, 2.75) is 12.5 Å². The summed E-state index contributed by atoms with van der Waals surface area (Å²) in [5.41, 5.74) is 1.78. The summed E-state index contributed by atoms with van der Waals surface area (Å²) in [6.07, 6.45) is 6.49. The second-order valence-electron chi connectivity index (χ2n) is 6.50. The highest BCUT2D eigenvalue weighted by Crippen LogP contribution is 2.19. The van der Waals surface area contributed by atoms with Crippen LogP contribution in [0.3, 0.4) is 0 Å². The van der Waals surface area contributed by atoms with Crippen LogP contribution in [0.2, 0.25) is 0 Å². The normalized spacial score (nSPS) is 20.3. The first-order chi connectivity index (χ1) is 11.8. The standard InChI is InChI=1S/C18H23N5O.2ClH/c24-18(15-1-3-16(4-2-15)23-12-8-20-14-23)22-9-5-17(13-22)21-10-6-19-7-11-21;;/h1-4,8,12,14,17,19H,5-7,9-11,13H2;2*1H. The maximum Gasteiger partial charge on any atom is 0.253 e. The lowest BCUT2D eigenvalue weighted by Crippen LogP contribution is -2.49. The van der Waals surface area contributed by atoms with E-state index in [0.717, 1.165) is 56.9 Å². The fourth-order valence-corrected chi connectivity index (χ4v) is 3.64. The fraction of sp³-hybridized carbons (Fsp3) is 0.444. The van der Waals surface area contributed by atoms with Gasteiger partial charge >= 0.3 is 0 Å². The Hall–Kier alpha value is -1.60. The highest BCUT2D eigenvalue weighted by atomic mass is 35.5. The number of piperazine rings is 1. The minimum atomic E-state index is 0. The molecule has 2 saturated heterocycles. The van der Waals surface area contributed by atoms with Crippen LogP contribution >= 0.6 is 24.8 Å². The van der Waals surface area contributed by atoms with Crippen LogP contribution in [0, 0.1) is 0 Å². The maximum absolute atomic E-state index is 12.7. The Labute approximate surface area is 166 Å². The number of benzene rings is 1. The van der Waals surface area contributed by atoms with E-state index in [0.29, 0.717) is 6.04 Å². The maximum atomic E-state index is 12.7. The van der Waals surface area contributed by atoms with Gasteiger partial charge in [-0.05, 0) is 30.7 Å². The number of imidazole rings is 1. The monoisotopic (exact) mass is 397 g/mol. The van der Waals surface area contributed by atoms with Gasteiger partial charge in [-0.1, -0.05) is 0 Å². The summed E-state index contributed by atoms with van der Waals surface area (Å²) in [5.74, 6) is 0.143. The van der Waals surface area contributed by atoms with Gasteiger partial charge in [0.2, 0.25) is 0 Å². The predicted octanol–water partition coefficient (Wildman–Crippen LogP) is 1.84. The number of hydrogen-bond donors (Lipinski definition) is 1. The van der Waals surface area contributed by atoms with E-state index in [1.807, 2.05) is 39.9 Å². The van der Waals surface area contributed by atoms with E-state index >= 15 is 0 Å². The van der Waals surface area contributed by atoms with E-state index in [1.54, 1.807) is 12.5 Å². The first-order valence-electron chi connectivity index (χ1n) is 8.64. The lowest BCUT2D eigenvalue weighted by Gasteiger charge is -2.32. The number of amides is 1. The second-order valence-corrected chi connectivity index (χ2v) is 6.50. The molecule has 1 amide bonds. The van der Waals surface area contributed by atoms with Crippen molar-refractivity contribution in [2.75, 3.05) is 39.3 Å². The van der Waals surface area contributed by atoms with Gasteiger partial charge in [0, 0.05) is 69.0 Å². The van der Waals surface area contributed by atoms with Crippen molar-refractivity contribution in [2.24, 2.45) is 0 Å². The quantitative estimate of drug-likeness (QED) is 0.858. The van der Waals surface area contributed by atoms with E-state index < -0.39 is 0 Å². The smallest absolute Gasteiger partial charge is 0.253 e. The second kappa shape index (κ2) is 9.37. The molecule has 2 aromatic rings. The molecule has 0 saturated carbocycles. The van der Waals surface area contributed by atoms with Crippen LogP contribution in [0.15, 0.2) is 43.0 Å². The van der Waals surface area contributed by atoms with E-state index in [-0.39, 0.29) is 30.7 Å². The lowest BCUT2D eigenvalue weighted by molar-refractivity contribution is 0.0773. The molecule has 1 aromatic carbocycles. The molecule has 0 radical (unpaired) electrons. The number of nitrogens with one attached hydrogen (secondary N) is 1. The number of hydrogen-bond acceptors (Lipinski definition) is 4. The Balaban J connectivity index is 0.00000121. The van der Waals surface area contributed by atoms with Crippen LogP contribution in [0.5, 0.6) is 0 Å². The number of carbonyl (C=O) groups is 1. The van der Waals surface area contributed by atoms with Gasteiger partial charge in [-0.3, -0.25) is 9.69 Å². The number of halogens is 2. The molecule has 26 heavy (non-hydrogen) atoms. The molecule has 0 bridgehead atoms. The summed E-state index contributed by atoms with van der Waals surface area (Å²) < 4.78 is 1.94. The zero-order valence-electron chi connectivity index (χ0n) is 14.6. The molecule has 1 aromatic heterocycles. The van der Waals surface area contributed by atoms with Gasteiger partial charge in [-0.25, -0.2) is 4.98 Å². The Morgan fingerprint density at radius 2 is 1.81 bits per heavy atom. The minimum Gasteiger partial charge on any atom is -0.337 e. The van der Waals surface area contributed by atoms with Gasteiger partial charge in [0.05, 0.1) is 6.33 Å². The molecule has 6 nitrogen and oxygen atoms in total. The van der Waals surface area contributed by atoms with Crippen molar-refractivity contribution < 1.29 is 4.79 Å². The molecule has 8 heteroatoms. The Morgan fingerprint density at radius 1 is 1.08 bits per heavy atom. The molecule has 1 atom stereocenters. The molecule has 0 spiro atoms. The summed E-state index contributed by atoms with van der Waals surface area (Å²) >= 11 is 0. The number of aromatic nitrogens is 2. The van der Waals surface area contributed by atoms with Crippen LogP contribution in [0.25, 0.3) is 5.69 Å². The summed E-state index contributed by atoms with van der Waals surface area (Å²) in [5, 5.41) is 3.39. The third-order valence-electron chi connectivity index (χ3n) is 5.04. The van der Waals surface area contributed by atoms with Gasteiger partial charge in [0.15, 0.2) is 0 Å². The SMILES string of the molecule is Cl.Cl.O=C(c1ccc(-n2ccnc2)cc1)N1CCC(N2CCNCC2)C1.